The molecule has 0 amide bonds. The highest BCUT2D eigenvalue weighted by Gasteiger charge is 2.45. The van der Waals surface area contributed by atoms with E-state index in [1.54, 1.807) is 6.08 Å². The number of hydrogen-bond donors (Lipinski definition) is 0. The average molecular weight is 487 g/mol. The van der Waals surface area contributed by atoms with Gasteiger partial charge in [0.15, 0.2) is 6.29 Å². The van der Waals surface area contributed by atoms with Crippen molar-refractivity contribution in [2.75, 3.05) is 6.29 Å². The first-order valence-electron chi connectivity index (χ1n) is 8.70. The zero-order chi connectivity index (χ0) is 18.6. The van der Waals surface area contributed by atoms with Gasteiger partial charge in [-0.25, -0.2) is 4.79 Å². The van der Waals surface area contributed by atoms with E-state index in [-0.39, 0.29) is 24.0 Å². The first kappa shape index (κ1) is 21.5. The predicted molar refractivity (Wildman–Crippen MR) is 112 cm³/mol. The minimum absolute atomic E-state index is 0. The molecule has 3 aromatic rings. The Kier molecular flexibility index (Phi) is 7.49. The molecule has 2 nitrogen and oxygen atoms in total. The second-order valence-electron chi connectivity index (χ2n) is 6.71. The maximum Gasteiger partial charge on any atom is 0.238 e. The number of benzene rings is 3. The molecule has 0 spiro atoms. The van der Waals surface area contributed by atoms with E-state index < -0.39 is 7.26 Å². The van der Waals surface area contributed by atoms with Crippen molar-refractivity contribution >= 4 is 29.3 Å². The Labute approximate surface area is 179 Å². The zero-order valence-electron chi connectivity index (χ0n) is 15.8. The quantitative estimate of drug-likeness (QED) is 0.230. The number of carbonyl (C=O) groups excluding carboxylic acids is 1. The molecule has 0 heterocycles. The zero-order valence-corrected chi connectivity index (χ0v) is 18.9. The van der Waals surface area contributed by atoms with Crippen LogP contribution in [0.25, 0.3) is 0 Å². The predicted octanol–water partition coefficient (Wildman–Crippen LogP) is 1.20. The Morgan fingerprint density at radius 3 is 1.22 bits per heavy atom. The Morgan fingerprint density at radius 2 is 0.963 bits per heavy atom. The third-order valence-electron chi connectivity index (χ3n) is 4.77. The summed E-state index contributed by atoms with van der Waals surface area (Å²) in [6.45, 7) is 6.27. The van der Waals surface area contributed by atoms with Crippen LogP contribution < -0.4 is 39.9 Å². The number of hydrogen-bond acceptors (Lipinski definition) is 2. The van der Waals surface area contributed by atoms with E-state index in [2.05, 4.69) is 98.6 Å². The van der Waals surface area contributed by atoms with Crippen LogP contribution in [0.1, 0.15) is 16.7 Å². The normalized spacial score (nSPS) is 10.6. The summed E-state index contributed by atoms with van der Waals surface area (Å²) in [6.07, 6.45) is 2.21. The highest BCUT2D eigenvalue weighted by Crippen LogP contribution is 2.55. The van der Waals surface area contributed by atoms with Crippen molar-refractivity contribution < 1.29 is 28.8 Å². The van der Waals surface area contributed by atoms with E-state index in [4.69, 9.17) is 0 Å². The van der Waals surface area contributed by atoms with Crippen molar-refractivity contribution in [2.45, 2.75) is 20.8 Å². The molecule has 0 aliphatic carbocycles. The van der Waals surface area contributed by atoms with Gasteiger partial charge in [0.05, 0.1) is 0 Å². The van der Waals surface area contributed by atoms with Crippen molar-refractivity contribution in [1.82, 2.24) is 0 Å². The fourth-order valence-corrected chi connectivity index (χ4v) is 6.85. The van der Waals surface area contributed by atoms with Gasteiger partial charge in [-0.2, -0.15) is 4.99 Å². The molecule has 0 saturated heterocycles. The summed E-state index contributed by atoms with van der Waals surface area (Å²) < 4.78 is 0. The molecule has 138 valence electrons. The molecule has 3 aromatic carbocycles. The first-order chi connectivity index (χ1) is 12.6. The van der Waals surface area contributed by atoms with Gasteiger partial charge in [0.2, 0.25) is 6.08 Å². The number of halogens is 1. The van der Waals surface area contributed by atoms with Crippen LogP contribution in [0.4, 0.5) is 0 Å². The number of aliphatic imine (C=N–C) groups is 1. The number of rotatable bonds is 5. The molecule has 3 rings (SSSR count). The molecular formula is C23H23INOP. The van der Waals surface area contributed by atoms with Gasteiger partial charge in [0.25, 0.3) is 0 Å². The van der Waals surface area contributed by atoms with E-state index in [9.17, 15) is 4.79 Å². The molecule has 0 aliphatic heterocycles. The molecule has 0 N–H and O–H groups in total. The minimum atomic E-state index is -2.06. The summed E-state index contributed by atoms with van der Waals surface area (Å²) in [5.74, 6) is 0. The molecule has 4 heteroatoms. The number of aryl methyl sites for hydroxylation is 3. The fourth-order valence-electron chi connectivity index (χ4n) is 3.22. The van der Waals surface area contributed by atoms with Crippen molar-refractivity contribution in [2.24, 2.45) is 4.99 Å². The van der Waals surface area contributed by atoms with Crippen LogP contribution in [0.3, 0.4) is 0 Å². The first-order valence-corrected chi connectivity index (χ1v) is 10.7. The van der Waals surface area contributed by atoms with E-state index in [0.717, 1.165) is 0 Å². The lowest BCUT2D eigenvalue weighted by molar-refractivity contribution is -0.00000645. The standard InChI is InChI=1S/C23H23NOP.HI/c1-18-4-10-21(11-5-18)26(17-24-16-25,22-12-6-19(2)7-13-22)23-14-8-20(3)9-15-23;/h4-15H,17H2,1-3H3;1H/q+1;/p-1. The monoisotopic (exact) mass is 487 g/mol. The summed E-state index contributed by atoms with van der Waals surface area (Å²) >= 11 is 0. The average Bonchev–Trinajstić information content (AvgIpc) is 2.66. The smallest absolute Gasteiger partial charge is 0.238 e. The second kappa shape index (κ2) is 9.41. The Hall–Kier alpha value is -1.80. The van der Waals surface area contributed by atoms with E-state index >= 15 is 0 Å². The summed E-state index contributed by atoms with van der Waals surface area (Å²) in [5.41, 5.74) is 3.66. The van der Waals surface area contributed by atoms with Gasteiger partial charge in [-0.15, -0.1) is 0 Å². The lowest BCUT2D eigenvalue weighted by Crippen LogP contribution is -3.00. The van der Waals surface area contributed by atoms with Gasteiger partial charge >= 0.3 is 0 Å². The van der Waals surface area contributed by atoms with Crippen LogP contribution >= 0.6 is 7.26 Å². The van der Waals surface area contributed by atoms with Crippen LogP contribution in [0.5, 0.6) is 0 Å². The van der Waals surface area contributed by atoms with Gasteiger partial charge < -0.3 is 24.0 Å². The third-order valence-corrected chi connectivity index (χ3v) is 8.88. The van der Waals surface area contributed by atoms with Gasteiger partial charge in [0.1, 0.15) is 23.2 Å². The maximum absolute atomic E-state index is 11.0. The molecule has 0 aromatic heterocycles. The summed E-state index contributed by atoms with van der Waals surface area (Å²) in [6, 6.07) is 25.9. The van der Waals surface area contributed by atoms with Crippen molar-refractivity contribution in [1.29, 1.82) is 0 Å². The highest BCUT2D eigenvalue weighted by molar-refractivity contribution is 7.95. The molecule has 0 saturated carbocycles. The Bertz CT molecular complexity index is 817. The molecular weight excluding hydrogens is 464 g/mol. The van der Waals surface area contributed by atoms with Crippen molar-refractivity contribution in [3.05, 3.63) is 89.5 Å². The number of nitrogens with zero attached hydrogens (tertiary/aromatic N) is 1. The van der Waals surface area contributed by atoms with Crippen LogP contribution in [-0.4, -0.2) is 12.4 Å². The second-order valence-corrected chi connectivity index (χ2v) is 10.2. The number of isocyanates is 1. The molecule has 0 fully saturated rings. The lowest BCUT2D eigenvalue weighted by atomic mass is 10.2. The molecule has 0 atom stereocenters. The summed E-state index contributed by atoms with van der Waals surface area (Å²) in [4.78, 5) is 15.1. The third kappa shape index (κ3) is 4.55. The Morgan fingerprint density at radius 1 is 0.667 bits per heavy atom. The van der Waals surface area contributed by atoms with E-state index in [1.165, 1.54) is 32.6 Å². The summed E-state index contributed by atoms with van der Waals surface area (Å²) in [5, 5.41) is 3.69. The highest BCUT2D eigenvalue weighted by atomic mass is 127. The molecule has 0 radical (unpaired) electrons. The molecule has 0 unspecified atom stereocenters. The van der Waals surface area contributed by atoms with Crippen molar-refractivity contribution in [3.63, 3.8) is 0 Å². The molecule has 0 aliphatic rings. The minimum Gasteiger partial charge on any atom is -1.00 e. The SMILES string of the molecule is Cc1ccc([P+](CN=C=O)(c2ccc(C)cc2)c2ccc(C)cc2)cc1.[I-]. The van der Waals surface area contributed by atoms with Crippen LogP contribution in [0.2, 0.25) is 0 Å². The van der Waals surface area contributed by atoms with Gasteiger partial charge in [0, 0.05) is 0 Å². The lowest BCUT2D eigenvalue weighted by Gasteiger charge is -2.25. The van der Waals surface area contributed by atoms with Crippen LogP contribution in [0.15, 0.2) is 77.8 Å². The van der Waals surface area contributed by atoms with Gasteiger partial charge in [-0.1, -0.05) is 53.1 Å². The van der Waals surface area contributed by atoms with Crippen molar-refractivity contribution in [3.8, 4) is 0 Å². The topological polar surface area (TPSA) is 29.4 Å². The molecule has 0 bridgehead atoms. The van der Waals surface area contributed by atoms with Crippen LogP contribution in [-0.2, 0) is 4.79 Å². The molecule has 27 heavy (non-hydrogen) atoms. The van der Waals surface area contributed by atoms with Crippen LogP contribution in [0, 0.1) is 20.8 Å². The maximum atomic E-state index is 11.0. The summed E-state index contributed by atoms with van der Waals surface area (Å²) in [7, 11) is -2.06. The fraction of sp³-hybridized carbons (Fsp3) is 0.174. The largest absolute Gasteiger partial charge is 1.00 e. The Balaban J connectivity index is 0.00000261. The van der Waals surface area contributed by atoms with E-state index in [1.807, 2.05) is 0 Å². The van der Waals surface area contributed by atoms with E-state index in [0.29, 0.717) is 6.29 Å². The van der Waals surface area contributed by atoms with Gasteiger partial charge in [-0.05, 0) is 57.2 Å². The van der Waals surface area contributed by atoms with Gasteiger partial charge in [-0.3, -0.25) is 0 Å².